The van der Waals surface area contributed by atoms with Crippen LogP contribution in [0.5, 0.6) is 0 Å². The third kappa shape index (κ3) is 3.29. The molecule has 0 aliphatic rings. The number of halogens is 1. The normalized spacial score (nSPS) is 11.2. The van der Waals surface area contributed by atoms with Crippen LogP contribution in [0, 0.1) is 22.7 Å². The number of benzene rings is 2. The van der Waals surface area contributed by atoms with Crippen LogP contribution in [-0.2, 0) is 0 Å². The lowest BCUT2D eigenvalue weighted by molar-refractivity contribution is 0.806. The Balaban J connectivity index is 2.26. The number of nitrogens with zero attached hydrogens (tertiary/aromatic N) is 2. The molecule has 0 aliphatic carbocycles. The predicted molar refractivity (Wildman–Crippen MR) is 79.2 cm³/mol. The summed E-state index contributed by atoms with van der Waals surface area (Å²) in [6, 6.07) is 18.9. The third-order valence-electron chi connectivity index (χ3n) is 2.93. The first-order chi connectivity index (χ1) is 9.74. The first-order valence-corrected chi connectivity index (χ1v) is 6.50. The number of hydrogen-bond acceptors (Lipinski definition) is 3. The maximum absolute atomic E-state index is 8.96. The van der Waals surface area contributed by atoms with E-state index in [0.29, 0.717) is 17.0 Å². The second-order valence-electron chi connectivity index (χ2n) is 4.28. The van der Waals surface area contributed by atoms with Crippen LogP contribution in [0.2, 0.25) is 5.02 Å². The number of hydrogen-bond donors (Lipinski definition) is 1. The van der Waals surface area contributed by atoms with Crippen LogP contribution in [0.25, 0.3) is 0 Å². The van der Waals surface area contributed by atoms with Gasteiger partial charge in [-0.25, -0.2) is 0 Å². The van der Waals surface area contributed by atoms with Crippen molar-refractivity contribution < 1.29 is 0 Å². The van der Waals surface area contributed by atoms with Crippen molar-refractivity contribution in [3.05, 3.63) is 64.7 Å². The minimum Gasteiger partial charge on any atom is -0.376 e. The summed E-state index contributed by atoms with van der Waals surface area (Å²) in [6.07, 6.45) is 0.334. The highest BCUT2D eigenvalue weighted by Gasteiger charge is 2.12. The minimum absolute atomic E-state index is 0.133. The van der Waals surface area contributed by atoms with Gasteiger partial charge in [-0.15, -0.1) is 0 Å². The van der Waals surface area contributed by atoms with Gasteiger partial charge in [0, 0.05) is 0 Å². The molecule has 1 N–H and O–H groups in total. The second kappa shape index (κ2) is 6.61. The molecule has 3 nitrogen and oxygen atoms in total. The molecular formula is C16H12ClN3. The molecule has 0 fully saturated rings. The number of anilines is 1. The van der Waals surface area contributed by atoms with E-state index >= 15 is 0 Å². The van der Waals surface area contributed by atoms with Gasteiger partial charge in [-0.1, -0.05) is 41.9 Å². The fourth-order valence-electron chi connectivity index (χ4n) is 1.92. The zero-order valence-electron chi connectivity index (χ0n) is 10.7. The zero-order valence-corrected chi connectivity index (χ0v) is 11.4. The van der Waals surface area contributed by atoms with Gasteiger partial charge in [-0.2, -0.15) is 10.5 Å². The van der Waals surface area contributed by atoms with Crippen molar-refractivity contribution in [1.29, 1.82) is 10.5 Å². The van der Waals surface area contributed by atoms with Gasteiger partial charge < -0.3 is 5.32 Å². The van der Waals surface area contributed by atoms with E-state index in [2.05, 4.69) is 11.4 Å². The van der Waals surface area contributed by atoms with E-state index in [1.807, 2.05) is 36.4 Å². The first-order valence-electron chi connectivity index (χ1n) is 6.12. The molecule has 0 aliphatic heterocycles. The van der Waals surface area contributed by atoms with Crippen LogP contribution in [0.15, 0.2) is 48.5 Å². The lowest BCUT2D eigenvalue weighted by Crippen LogP contribution is -2.10. The lowest BCUT2D eigenvalue weighted by atomic mass is 10.0. The molecule has 1 atom stereocenters. The van der Waals surface area contributed by atoms with Gasteiger partial charge in [0.05, 0.1) is 40.9 Å². The fourth-order valence-corrected chi connectivity index (χ4v) is 2.15. The molecule has 2 aromatic carbocycles. The second-order valence-corrected chi connectivity index (χ2v) is 4.68. The Labute approximate surface area is 123 Å². The Morgan fingerprint density at radius 3 is 2.45 bits per heavy atom. The minimum atomic E-state index is -0.133. The average Bonchev–Trinajstić information content (AvgIpc) is 2.49. The van der Waals surface area contributed by atoms with Crippen molar-refractivity contribution in [2.75, 3.05) is 5.32 Å². The number of rotatable bonds is 4. The molecule has 0 saturated heterocycles. The van der Waals surface area contributed by atoms with Crippen molar-refractivity contribution in [2.24, 2.45) is 0 Å². The highest BCUT2D eigenvalue weighted by atomic mass is 35.5. The van der Waals surface area contributed by atoms with Gasteiger partial charge in [0.15, 0.2) is 0 Å². The Hall–Kier alpha value is -2.49. The fraction of sp³-hybridized carbons (Fsp3) is 0.125. The van der Waals surface area contributed by atoms with Crippen molar-refractivity contribution >= 4 is 17.3 Å². The van der Waals surface area contributed by atoms with Crippen molar-refractivity contribution in [3.63, 3.8) is 0 Å². The van der Waals surface area contributed by atoms with Crippen LogP contribution in [-0.4, -0.2) is 0 Å². The summed E-state index contributed by atoms with van der Waals surface area (Å²) >= 11 is 6.14. The quantitative estimate of drug-likeness (QED) is 0.910. The summed E-state index contributed by atoms with van der Waals surface area (Å²) in [4.78, 5) is 0. The van der Waals surface area contributed by atoms with Gasteiger partial charge in [0.2, 0.25) is 0 Å². The Morgan fingerprint density at radius 2 is 1.85 bits per heavy atom. The molecule has 2 rings (SSSR count). The summed E-state index contributed by atoms with van der Waals surface area (Å²) in [5.74, 6) is 0. The number of nitriles is 2. The molecule has 0 saturated carbocycles. The monoisotopic (exact) mass is 281 g/mol. The molecule has 2 aromatic rings. The van der Waals surface area contributed by atoms with Crippen LogP contribution in [0.1, 0.15) is 23.6 Å². The Kier molecular flexibility index (Phi) is 4.60. The van der Waals surface area contributed by atoms with E-state index in [-0.39, 0.29) is 6.04 Å². The largest absolute Gasteiger partial charge is 0.376 e. The summed E-state index contributed by atoms with van der Waals surface area (Å²) < 4.78 is 0. The van der Waals surface area contributed by atoms with E-state index in [9.17, 15) is 0 Å². The summed E-state index contributed by atoms with van der Waals surface area (Å²) in [5, 5.41) is 21.5. The van der Waals surface area contributed by atoms with Gasteiger partial charge in [0.25, 0.3) is 0 Å². The maximum atomic E-state index is 8.96. The van der Waals surface area contributed by atoms with Crippen molar-refractivity contribution in [1.82, 2.24) is 0 Å². The molecule has 98 valence electrons. The summed E-state index contributed by atoms with van der Waals surface area (Å²) in [6.45, 7) is 0. The van der Waals surface area contributed by atoms with Gasteiger partial charge in [0.1, 0.15) is 0 Å². The zero-order chi connectivity index (χ0) is 14.4. The summed E-state index contributed by atoms with van der Waals surface area (Å²) in [7, 11) is 0. The molecule has 0 spiro atoms. The molecule has 4 heteroatoms. The molecular weight excluding hydrogens is 270 g/mol. The van der Waals surface area contributed by atoms with E-state index in [0.717, 1.165) is 11.3 Å². The predicted octanol–water partition coefficient (Wildman–Crippen LogP) is 4.28. The molecule has 0 bridgehead atoms. The third-order valence-corrected chi connectivity index (χ3v) is 3.24. The SMILES string of the molecule is N#CCC(Nc1ccc(C#N)cc1Cl)c1ccccc1. The van der Waals surface area contributed by atoms with Crippen LogP contribution < -0.4 is 5.32 Å². The van der Waals surface area contributed by atoms with Gasteiger partial charge in [-0.3, -0.25) is 0 Å². The smallest absolute Gasteiger partial charge is 0.0992 e. The molecule has 1 unspecified atom stereocenters. The Bertz CT molecular complexity index is 668. The van der Waals surface area contributed by atoms with E-state index in [1.54, 1.807) is 18.2 Å². The van der Waals surface area contributed by atoms with E-state index in [1.165, 1.54) is 0 Å². The molecule has 0 radical (unpaired) electrons. The lowest BCUT2D eigenvalue weighted by Gasteiger charge is -2.18. The number of nitrogens with one attached hydrogen (secondary N) is 1. The first kappa shape index (κ1) is 13.9. The van der Waals surface area contributed by atoms with Crippen molar-refractivity contribution in [3.8, 4) is 12.1 Å². The maximum Gasteiger partial charge on any atom is 0.0992 e. The molecule has 0 heterocycles. The van der Waals surface area contributed by atoms with Gasteiger partial charge in [-0.05, 0) is 23.8 Å². The van der Waals surface area contributed by atoms with E-state index < -0.39 is 0 Å². The Morgan fingerprint density at radius 1 is 1.10 bits per heavy atom. The van der Waals surface area contributed by atoms with Gasteiger partial charge >= 0.3 is 0 Å². The van der Waals surface area contributed by atoms with Crippen molar-refractivity contribution in [2.45, 2.75) is 12.5 Å². The van der Waals surface area contributed by atoms with Crippen LogP contribution in [0.4, 0.5) is 5.69 Å². The summed E-state index contributed by atoms with van der Waals surface area (Å²) in [5.41, 5.74) is 2.25. The average molecular weight is 282 g/mol. The standard InChI is InChI=1S/C16H12ClN3/c17-14-10-12(11-19)6-7-16(14)20-15(8-9-18)13-4-2-1-3-5-13/h1-7,10,15,20H,8H2. The van der Waals surface area contributed by atoms with E-state index in [4.69, 9.17) is 22.1 Å². The molecule has 20 heavy (non-hydrogen) atoms. The molecule has 0 aromatic heterocycles. The van der Waals surface area contributed by atoms with Crippen LogP contribution in [0.3, 0.4) is 0 Å². The molecule has 0 amide bonds. The highest BCUT2D eigenvalue weighted by Crippen LogP contribution is 2.28. The van der Waals surface area contributed by atoms with Crippen LogP contribution >= 0.6 is 11.6 Å². The highest BCUT2D eigenvalue weighted by molar-refractivity contribution is 6.33. The topological polar surface area (TPSA) is 59.6 Å².